The van der Waals surface area contributed by atoms with Crippen LogP contribution >= 0.6 is 15.2 Å². The summed E-state index contributed by atoms with van der Waals surface area (Å²) >= 11 is 0. The summed E-state index contributed by atoms with van der Waals surface area (Å²) < 4.78 is 68.3. The van der Waals surface area contributed by atoms with Gasteiger partial charge < -0.3 is 13.9 Å². The summed E-state index contributed by atoms with van der Waals surface area (Å²) in [5.41, 5.74) is 11.5. The molecule has 0 fully saturated rings. The van der Waals surface area contributed by atoms with Crippen LogP contribution in [0.5, 0.6) is 11.5 Å². The van der Waals surface area contributed by atoms with Gasteiger partial charge in [0.25, 0.3) is 0 Å². The Morgan fingerprint density at radius 2 is 1.47 bits per heavy atom. The van der Waals surface area contributed by atoms with Crippen LogP contribution in [0.4, 0.5) is 0 Å². The third-order valence-corrected chi connectivity index (χ3v) is 10.8. The lowest BCUT2D eigenvalue weighted by atomic mass is 10.1. The summed E-state index contributed by atoms with van der Waals surface area (Å²) in [6.07, 6.45) is 3.45. The molecule has 0 aliphatic carbocycles. The third kappa shape index (κ3) is 10.4. The second-order valence-electron chi connectivity index (χ2n) is 10.5. The Kier molecular flexibility index (Phi) is 14.7. The SMILES string of the molecule is CCNOP(=O)(CC(c1nc2ccc(OCCc3nc(-c4ccncc4)oc3C)cc2cc1OC)P(=O)(ONCC)ONCC)ONCC. The van der Waals surface area contributed by atoms with Crippen molar-refractivity contribution in [2.24, 2.45) is 0 Å². The molecule has 0 spiro atoms. The fourth-order valence-electron chi connectivity index (χ4n) is 4.61. The summed E-state index contributed by atoms with van der Waals surface area (Å²) in [7, 11) is -6.81. The zero-order chi connectivity index (χ0) is 35.3. The van der Waals surface area contributed by atoms with E-state index in [1.54, 1.807) is 58.3 Å². The normalized spacial score (nSPS) is 12.8. The predicted molar refractivity (Wildman–Crippen MR) is 184 cm³/mol. The van der Waals surface area contributed by atoms with Gasteiger partial charge in [-0.3, -0.25) is 14.1 Å². The van der Waals surface area contributed by atoms with Gasteiger partial charge in [-0.1, -0.05) is 27.7 Å². The fraction of sp³-hybridized carbons (Fsp3) is 0.452. The highest BCUT2D eigenvalue weighted by Gasteiger charge is 2.47. The van der Waals surface area contributed by atoms with Crippen LogP contribution in [-0.2, 0) is 34.0 Å². The van der Waals surface area contributed by atoms with Gasteiger partial charge in [-0.2, -0.15) is 21.9 Å². The maximum absolute atomic E-state index is 14.5. The molecule has 3 heterocycles. The molecule has 16 nitrogen and oxygen atoms in total. The van der Waals surface area contributed by atoms with Gasteiger partial charge in [0, 0.05) is 55.9 Å². The van der Waals surface area contributed by atoms with Crippen molar-refractivity contribution in [3.8, 4) is 23.0 Å². The van der Waals surface area contributed by atoms with E-state index in [-0.39, 0.29) is 11.4 Å². The number of hydrogen-bond donors (Lipinski definition) is 4. The van der Waals surface area contributed by atoms with E-state index in [4.69, 9.17) is 37.4 Å². The minimum atomic E-state index is -4.23. The van der Waals surface area contributed by atoms with Crippen molar-refractivity contribution in [3.05, 3.63) is 65.9 Å². The van der Waals surface area contributed by atoms with E-state index < -0.39 is 27.0 Å². The van der Waals surface area contributed by atoms with Crippen LogP contribution in [0.1, 0.15) is 50.5 Å². The molecule has 0 radical (unpaired) electrons. The standard InChI is InChI=1S/C31H45N7O9P2/c1-7-33-44-48(39,45-34-8-2)21-29(49(40,46-35-9-3)47-36-10-4)30-28(41-6)20-24-19-25(11-12-27(24)37-30)42-18-15-26-22(5)43-31(38-26)23-13-16-32-17-14-23/h11-14,16-17,19-20,29,33-36H,7-10,15,18,21H2,1-6H3. The van der Waals surface area contributed by atoms with Crippen LogP contribution in [0.3, 0.4) is 0 Å². The van der Waals surface area contributed by atoms with Gasteiger partial charge in [0.1, 0.15) is 22.9 Å². The molecule has 0 saturated heterocycles. The molecule has 1 unspecified atom stereocenters. The average Bonchev–Trinajstić information content (AvgIpc) is 3.50. The van der Waals surface area contributed by atoms with Crippen molar-refractivity contribution in [2.75, 3.05) is 46.1 Å². The Hall–Kier alpha value is -3.27. The molecule has 49 heavy (non-hydrogen) atoms. The first kappa shape index (κ1) is 38.5. The molecule has 1 atom stereocenters. The molecule has 0 saturated carbocycles. The summed E-state index contributed by atoms with van der Waals surface area (Å²) in [6.45, 7) is 10.6. The van der Waals surface area contributed by atoms with E-state index in [2.05, 4.69) is 31.9 Å². The van der Waals surface area contributed by atoms with Crippen molar-refractivity contribution in [2.45, 2.75) is 46.7 Å². The van der Waals surface area contributed by atoms with Crippen LogP contribution in [0.2, 0.25) is 0 Å². The molecule has 4 aromatic rings. The number of ether oxygens (including phenoxy) is 2. The van der Waals surface area contributed by atoms with Gasteiger partial charge in [-0.15, -0.1) is 0 Å². The number of hydroxylamine groups is 4. The largest absolute Gasteiger partial charge is 0.495 e. The molecule has 0 amide bonds. The van der Waals surface area contributed by atoms with Crippen molar-refractivity contribution in [1.82, 2.24) is 36.9 Å². The van der Waals surface area contributed by atoms with Crippen molar-refractivity contribution in [3.63, 3.8) is 0 Å². The van der Waals surface area contributed by atoms with E-state index in [1.807, 2.05) is 25.1 Å². The number of aryl methyl sites for hydroxylation is 1. The molecular weight excluding hydrogens is 676 g/mol. The topological polar surface area (TPSA) is 189 Å². The zero-order valence-electron chi connectivity index (χ0n) is 28.6. The van der Waals surface area contributed by atoms with Gasteiger partial charge >= 0.3 is 15.2 Å². The van der Waals surface area contributed by atoms with Crippen LogP contribution in [0, 0.1) is 6.92 Å². The number of benzene rings is 1. The number of pyridine rings is 2. The maximum Gasteiger partial charge on any atom is 0.372 e. The monoisotopic (exact) mass is 721 g/mol. The molecule has 4 rings (SSSR count). The minimum Gasteiger partial charge on any atom is -0.495 e. The first-order valence-corrected chi connectivity index (χ1v) is 19.4. The smallest absolute Gasteiger partial charge is 0.372 e. The number of nitrogens with zero attached hydrogens (tertiary/aromatic N) is 3. The Labute approximate surface area is 285 Å². The van der Waals surface area contributed by atoms with Gasteiger partial charge in [0.2, 0.25) is 5.89 Å². The van der Waals surface area contributed by atoms with Crippen LogP contribution in [0.25, 0.3) is 22.4 Å². The summed E-state index contributed by atoms with van der Waals surface area (Å²) in [5.74, 6) is 2.09. The molecule has 4 N–H and O–H groups in total. The van der Waals surface area contributed by atoms with E-state index in [0.29, 0.717) is 61.7 Å². The average molecular weight is 722 g/mol. The van der Waals surface area contributed by atoms with Crippen LogP contribution in [0.15, 0.2) is 53.2 Å². The summed E-state index contributed by atoms with van der Waals surface area (Å²) in [5, 5.41) is 0.681. The first-order valence-electron chi connectivity index (χ1n) is 16.0. The lowest BCUT2D eigenvalue weighted by molar-refractivity contribution is 0.0931. The number of aromatic nitrogens is 3. The van der Waals surface area contributed by atoms with Gasteiger partial charge in [-0.25, -0.2) is 28.5 Å². The number of oxazole rings is 1. The Bertz CT molecular complexity index is 1700. The van der Waals surface area contributed by atoms with Crippen molar-refractivity contribution < 1.29 is 41.5 Å². The maximum atomic E-state index is 14.5. The van der Waals surface area contributed by atoms with Crippen molar-refractivity contribution in [1.29, 1.82) is 0 Å². The molecular formula is C31H45N7O9P2. The zero-order valence-corrected chi connectivity index (χ0v) is 30.3. The number of hydrogen-bond acceptors (Lipinski definition) is 16. The van der Waals surface area contributed by atoms with E-state index >= 15 is 0 Å². The lowest BCUT2D eigenvalue weighted by Gasteiger charge is -2.29. The second-order valence-corrected chi connectivity index (χ2v) is 14.5. The fourth-order valence-corrected chi connectivity index (χ4v) is 8.84. The Balaban J connectivity index is 1.64. The minimum absolute atomic E-state index is 0.162. The number of nitrogens with one attached hydrogen (secondary N) is 4. The van der Waals surface area contributed by atoms with E-state index in [1.165, 1.54) is 7.11 Å². The predicted octanol–water partition coefficient (Wildman–Crippen LogP) is 5.82. The number of rotatable bonds is 22. The van der Waals surface area contributed by atoms with Crippen LogP contribution in [-0.4, -0.2) is 61.0 Å². The summed E-state index contributed by atoms with van der Waals surface area (Å²) in [4.78, 5) is 13.5. The highest BCUT2D eigenvalue weighted by Crippen LogP contribution is 2.66. The number of methoxy groups -OCH3 is 1. The quantitative estimate of drug-likeness (QED) is 0.0561. The second kappa shape index (κ2) is 18.6. The highest BCUT2D eigenvalue weighted by molar-refractivity contribution is 7.58. The number of fused-ring (bicyclic) bond motifs is 1. The Morgan fingerprint density at radius 3 is 2.08 bits per heavy atom. The lowest BCUT2D eigenvalue weighted by Crippen LogP contribution is -2.26. The van der Waals surface area contributed by atoms with E-state index in [9.17, 15) is 9.13 Å². The highest BCUT2D eigenvalue weighted by atomic mass is 31.2. The molecule has 0 aliphatic rings. The molecule has 3 aromatic heterocycles. The van der Waals surface area contributed by atoms with Gasteiger partial charge in [0.15, 0.2) is 0 Å². The van der Waals surface area contributed by atoms with Crippen molar-refractivity contribution >= 4 is 26.1 Å². The molecule has 1 aromatic carbocycles. The van der Waals surface area contributed by atoms with Gasteiger partial charge in [0.05, 0.1) is 36.8 Å². The summed E-state index contributed by atoms with van der Waals surface area (Å²) in [6, 6.07) is 10.8. The molecule has 268 valence electrons. The molecule has 0 bridgehead atoms. The van der Waals surface area contributed by atoms with Crippen LogP contribution < -0.4 is 31.4 Å². The third-order valence-electron chi connectivity index (χ3n) is 6.89. The molecule has 0 aliphatic heterocycles. The van der Waals surface area contributed by atoms with E-state index in [0.717, 1.165) is 17.0 Å². The Morgan fingerprint density at radius 1 is 0.837 bits per heavy atom. The molecule has 18 heteroatoms. The first-order chi connectivity index (χ1) is 23.7. The van der Waals surface area contributed by atoms with Gasteiger partial charge in [-0.05, 0) is 43.3 Å².